The summed E-state index contributed by atoms with van der Waals surface area (Å²) in [5.74, 6) is 0. The summed E-state index contributed by atoms with van der Waals surface area (Å²) < 4.78 is 36.6. The van der Waals surface area contributed by atoms with Crippen molar-refractivity contribution in [1.29, 1.82) is 0 Å². The molecule has 0 saturated heterocycles. The van der Waals surface area contributed by atoms with Gasteiger partial charge in [0.25, 0.3) is 0 Å². The first-order valence-electron chi connectivity index (χ1n) is 4.98. The van der Waals surface area contributed by atoms with Gasteiger partial charge in [-0.1, -0.05) is 6.42 Å². The summed E-state index contributed by atoms with van der Waals surface area (Å²) in [6.45, 7) is 1.15. The first kappa shape index (κ1) is 11.8. The molecule has 3 N–H and O–H groups in total. The Balaban J connectivity index is 2.36. The zero-order valence-corrected chi connectivity index (χ0v) is 8.27. The van der Waals surface area contributed by atoms with Crippen LogP contribution in [0.2, 0.25) is 0 Å². The molecule has 84 valence electrons. The summed E-state index contributed by atoms with van der Waals surface area (Å²) in [6, 6.07) is -1.45. The second kappa shape index (κ2) is 4.49. The third-order valence-electron chi connectivity index (χ3n) is 2.69. The third kappa shape index (κ3) is 3.46. The maximum absolute atomic E-state index is 12.2. The number of rotatable bonds is 2. The Morgan fingerprint density at radius 2 is 2.00 bits per heavy atom. The van der Waals surface area contributed by atoms with Gasteiger partial charge in [0.2, 0.25) is 0 Å². The standard InChI is InChI=1S/C9H17F3N2/c1-6(9(10,11)12)14-8-4-2-3-7(13)5-8/h6-8,14H,2-5,13H2,1H3. The van der Waals surface area contributed by atoms with Gasteiger partial charge in [-0.25, -0.2) is 0 Å². The Kier molecular flexibility index (Phi) is 3.78. The lowest BCUT2D eigenvalue weighted by Gasteiger charge is -2.30. The van der Waals surface area contributed by atoms with Gasteiger partial charge in [0.15, 0.2) is 0 Å². The fraction of sp³-hybridized carbons (Fsp3) is 1.00. The summed E-state index contributed by atoms with van der Waals surface area (Å²) in [7, 11) is 0. The van der Waals surface area contributed by atoms with Gasteiger partial charge in [-0.05, 0) is 26.2 Å². The number of alkyl halides is 3. The van der Waals surface area contributed by atoms with Crippen molar-refractivity contribution in [1.82, 2.24) is 5.32 Å². The highest BCUT2D eigenvalue weighted by molar-refractivity contribution is 4.83. The van der Waals surface area contributed by atoms with Crippen molar-refractivity contribution < 1.29 is 13.2 Å². The second-order valence-electron chi connectivity index (χ2n) is 4.05. The summed E-state index contributed by atoms with van der Waals surface area (Å²) in [5, 5.41) is 2.58. The van der Waals surface area contributed by atoms with Gasteiger partial charge in [0.05, 0.1) is 0 Å². The summed E-state index contributed by atoms with van der Waals surface area (Å²) >= 11 is 0. The molecule has 0 aromatic heterocycles. The molecular weight excluding hydrogens is 193 g/mol. The van der Waals surface area contributed by atoms with Gasteiger partial charge in [0, 0.05) is 12.1 Å². The SMILES string of the molecule is CC(NC1CCCC(N)C1)C(F)(F)F. The number of nitrogens with one attached hydrogen (secondary N) is 1. The Hall–Kier alpha value is -0.290. The molecular formula is C9H17F3N2. The molecule has 14 heavy (non-hydrogen) atoms. The van der Waals surface area contributed by atoms with Crippen LogP contribution in [0.3, 0.4) is 0 Å². The molecule has 0 radical (unpaired) electrons. The lowest BCUT2D eigenvalue weighted by atomic mass is 9.91. The Morgan fingerprint density at radius 1 is 1.36 bits per heavy atom. The van der Waals surface area contributed by atoms with E-state index in [0.29, 0.717) is 6.42 Å². The molecule has 0 bridgehead atoms. The lowest BCUT2D eigenvalue weighted by molar-refractivity contribution is -0.153. The fourth-order valence-electron chi connectivity index (χ4n) is 1.83. The largest absolute Gasteiger partial charge is 0.403 e. The molecule has 1 fully saturated rings. The van der Waals surface area contributed by atoms with Crippen LogP contribution in [-0.4, -0.2) is 24.3 Å². The van der Waals surface area contributed by atoms with E-state index in [9.17, 15) is 13.2 Å². The van der Waals surface area contributed by atoms with E-state index in [1.807, 2.05) is 0 Å². The van der Waals surface area contributed by atoms with E-state index in [4.69, 9.17) is 5.73 Å². The molecule has 3 atom stereocenters. The molecule has 1 saturated carbocycles. The predicted octanol–water partition coefficient (Wildman–Crippen LogP) is 1.80. The average molecular weight is 210 g/mol. The Morgan fingerprint density at radius 3 is 2.50 bits per heavy atom. The van der Waals surface area contributed by atoms with Crippen LogP contribution in [0.5, 0.6) is 0 Å². The molecule has 0 heterocycles. The Labute approximate surface area is 82.0 Å². The van der Waals surface area contributed by atoms with E-state index in [1.165, 1.54) is 0 Å². The normalized spacial score (nSPS) is 31.5. The van der Waals surface area contributed by atoms with Crippen LogP contribution in [-0.2, 0) is 0 Å². The van der Waals surface area contributed by atoms with E-state index in [2.05, 4.69) is 5.32 Å². The van der Waals surface area contributed by atoms with Crippen molar-refractivity contribution in [2.45, 2.75) is 56.9 Å². The van der Waals surface area contributed by atoms with E-state index in [0.717, 1.165) is 26.2 Å². The van der Waals surface area contributed by atoms with E-state index < -0.39 is 12.2 Å². The minimum Gasteiger partial charge on any atom is -0.328 e. The van der Waals surface area contributed by atoms with Crippen LogP contribution in [0.15, 0.2) is 0 Å². The highest BCUT2D eigenvalue weighted by atomic mass is 19.4. The van der Waals surface area contributed by atoms with Gasteiger partial charge in [-0.15, -0.1) is 0 Å². The molecule has 0 spiro atoms. The van der Waals surface area contributed by atoms with Crippen molar-refractivity contribution in [2.75, 3.05) is 0 Å². The fourth-order valence-corrected chi connectivity index (χ4v) is 1.83. The smallest absolute Gasteiger partial charge is 0.328 e. The van der Waals surface area contributed by atoms with E-state index >= 15 is 0 Å². The molecule has 0 amide bonds. The molecule has 1 rings (SSSR count). The van der Waals surface area contributed by atoms with Gasteiger partial charge >= 0.3 is 6.18 Å². The maximum atomic E-state index is 12.2. The second-order valence-corrected chi connectivity index (χ2v) is 4.05. The molecule has 0 aromatic carbocycles. The first-order valence-corrected chi connectivity index (χ1v) is 4.98. The van der Waals surface area contributed by atoms with Crippen molar-refractivity contribution in [2.24, 2.45) is 5.73 Å². The quantitative estimate of drug-likeness (QED) is 0.729. The van der Waals surface area contributed by atoms with E-state index in [-0.39, 0.29) is 12.1 Å². The first-order chi connectivity index (χ1) is 6.39. The van der Waals surface area contributed by atoms with Crippen molar-refractivity contribution in [3.05, 3.63) is 0 Å². The van der Waals surface area contributed by atoms with Gasteiger partial charge in [-0.2, -0.15) is 13.2 Å². The van der Waals surface area contributed by atoms with E-state index in [1.54, 1.807) is 0 Å². The van der Waals surface area contributed by atoms with Crippen molar-refractivity contribution in [3.63, 3.8) is 0 Å². The van der Waals surface area contributed by atoms with Crippen LogP contribution in [0.25, 0.3) is 0 Å². The minimum atomic E-state index is -4.15. The number of hydrogen-bond donors (Lipinski definition) is 2. The summed E-state index contributed by atoms with van der Waals surface area (Å²) in [6.07, 6.45) is -0.849. The summed E-state index contributed by atoms with van der Waals surface area (Å²) in [4.78, 5) is 0. The highest BCUT2D eigenvalue weighted by Gasteiger charge is 2.37. The minimum absolute atomic E-state index is 0.0571. The number of hydrogen-bond acceptors (Lipinski definition) is 2. The Bertz CT molecular complexity index is 181. The zero-order valence-electron chi connectivity index (χ0n) is 8.27. The lowest BCUT2D eigenvalue weighted by Crippen LogP contribution is -2.48. The predicted molar refractivity (Wildman–Crippen MR) is 48.9 cm³/mol. The molecule has 0 aromatic rings. The molecule has 1 aliphatic carbocycles. The van der Waals surface area contributed by atoms with Crippen molar-refractivity contribution in [3.8, 4) is 0 Å². The average Bonchev–Trinajstić information content (AvgIpc) is 2.02. The molecule has 5 heteroatoms. The maximum Gasteiger partial charge on any atom is 0.403 e. The van der Waals surface area contributed by atoms with Crippen molar-refractivity contribution >= 4 is 0 Å². The third-order valence-corrected chi connectivity index (χ3v) is 2.69. The number of halogens is 3. The van der Waals surface area contributed by atoms with Crippen LogP contribution < -0.4 is 11.1 Å². The molecule has 3 unspecified atom stereocenters. The number of nitrogens with two attached hydrogens (primary N) is 1. The molecule has 2 nitrogen and oxygen atoms in total. The van der Waals surface area contributed by atoms with Crippen LogP contribution in [0.4, 0.5) is 13.2 Å². The molecule has 1 aliphatic rings. The summed E-state index contributed by atoms with van der Waals surface area (Å²) in [5.41, 5.74) is 5.69. The highest BCUT2D eigenvalue weighted by Crippen LogP contribution is 2.23. The van der Waals surface area contributed by atoms with Crippen LogP contribution in [0.1, 0.15) is 32.6 Å². The van der Waals surface area contributed by atoms with Gasteiger partial charge in [-0.3, -0.25) is 0 Å². The van der Waals surface area contributed by atoms with Crippen LogP contribution >= 0.6 is 0 Å². The monoisotopic (exact) mass is 210 g/mol. The zero-order chi connectivity index (χ0) is 10.8. The topological polar surface area (TPSA) is 38.0 Å². The molecule has 0 aliphatic heterocycles. The van der Waals surface area contributed by atoms with Crippen LogP contribution in [0, 0.1) is 0 Å². The van der Waals surface area contributed by atoms with Gasteiger partial charge < -0.3 is 11.1 Å². The van der Waals surface area contributed by atoms with Gasteiger partial charge in [0.1, 0.15) is 6.04 Å².